The van der Waals surface area contributed by atoms with Gasteiger partial charge in [0.05, 0.1) is 15.5 Å². The molecule has 2 N–H and O–H groups in total. The zero-order valence-corrected chi connectivity index (χ0v) is 14.9. The van der Waals surface area contributed by atoms with Crippen LogP contribution in [0, 0.1) is 3.57 Å². The first-order valence-corrected chi connectivity index (χ1v) is 8.50. The Bertz CT molecular complexity index is 706. The predicted octanol–water partition coefficient (Wildman–Crippen LogP) is 3.04. The van der Waals surface area contributed by atoms with Gasteiger partial charge >= 0.3 is 0 Å². The second-order valence-corrected chi connectivity index (χ2v) is 6.45. The van der Waals surface area contributed by atoms with Crippen LogP contribution < -0.4 is 10.6 Å². The Morgan fingerprint density at radius 2 is 2.18 bits per heavy atom. The third kappa shape index (κ3) is 3.23. The summed E-state index contributed by atoms with van der Waals surface area (Å²) in [6.07, 6.45) is 8.92. The van der Waals surface area contributed by atoms with Gasteiger partial charge in [-0.1, -0.05) is 6.92 Å². The molecule has 22 heavy (non-hydrogen) atoms. The zero-order chi connectivity index (χ0) is 15.5. The molecule has 0 aliphatic heterocycles. The van der Waals surface area contributed by atoms with Crippen molar-refractivity contribution < 1.29 is 0 Å². The topological polar surface area (TPSA) is 67.7 Å². The van der Waals surface area contributed by atoms with Gasteiger partial charge in [0.2, 0.25) is 5.95 Å². The van der Waals surface area contributed by atoms with Crippen LogP contribution in [0.15, 0.2) is 18.1 Å². The highest BCUT2D eigenvalue weighted by molar-refractivity contribution is 14.1. The molecule has 2 aromatic rings. The Hall–Kier alpha value is -1.64. The van der Waals surface area contributed by atoms with E-state index in [-0.39, 0.29) is 0 Å². The fourth-order valence-corrected chi connectivity index (χ4v) is 2.87. The van der Waals surface area contributed by atoms with Crippen LogP contribution in [0.5, 0.6) is 0 Å². The van der Waals surface area contributed by atoms with Crippen LogP contribution in [0.3, 0.4) is 0 Å². The number of allylic oxidation sites excluding steroid dienone is 1. The summed E-state index contributed by atoms with van der Waals surface area (Å²) in [6.45, 7) is 3.05. The van der Waals surface area contributed by atoms with E-state index in [0.29, 0.717) is 5.95 Å². The molecular weight excluding hydrogens is 391 g/mol. The van der Waals surface area contributed by atoms with Gasteiger partial charge in [-0.15, -0.1) is 0 Å². The fraction of sp³-hybridized carbons (Fsp3) is 0.400. The van der Waals surface area contributed by atoms with E-state index in [0.717, 1.165) is 46.6 Å². The van der Waals surface area contributed by atoms with Crippen LogP contribution in [-0.4, -0.2) is 26.3 Å². The Kier molecular flexibility index (Phi) is 4.60. The maximum atomic E-state index is 4.57. The fourth-order valence-electron chi connectivity index (χ4n) is 2.41. The number of nitrogens with one attached hydrogen (secondary N) is 2. The molecule has 2 aromatic heterocycles. The lowest BCUT2D eigenvalue weighted by Crippen LogP contribution is -2.11. The zero-order valence-electron chi connectivity index (χ0n) is 12.7. The summed E-state index contributed by atoms with van der Waals surface area (Å²) in [5.41, 5.74) is 3.57. The molecule has 0 aromatic carbocycles. The smallest absolute Gasteiger partial charge is 0.228 e. The maximum absolute atomic E-state index is 4.57. The minimum Gasteiger partial charge on any atom is -0.369 e. The van der Waals surface area contributed by atoms with Crippen molar-refractivity contribution in [3.05, 3.63) is 32.9 Å². The SMILES string of the molecule is CCCNc1nc(NC2=Cc3c(cnn3C)CC2)ncc1I. The lowest BCUT2D eigenvalue weighted by molar-refractivity contribution is 0.754. The van der Waals surface area contributed by atoms with Crippen molar-refractivity contribution in [2.45, 2.75) is 26.2 Å². The third-order valence-electron chi connectivity index (χ3n) is 3.60. The standard InChI is InChI=1S/C15H19IN6/c1-3-6-17-14-12(16)9-18-15(21-14)20-11-5-4-10-8-19-22(2)13(10)7-11/h7-9H,3-6H2,1-2H3,(H2,17,18,20,21). The average molecular weight is 410 g/mol. The van der Waals surface area contributed by atoms with E-state index in [9.17, 15) is 0 Å². The van der Waals surface area contributed by atoms with Gasteiger partial charge in [0.1, 0.15) is 5.82 Å². The third-order valence-corrected chi connectivity index (χ3v) is 4.39. The summed E-state index contributed by atoms with van der Waals surface area (Å²) in [5, 5.41) is 11.0. The second kappa shape index (κ2) is 6.64. The normalized spacial score (nSPS) is 13.5. The Balaban J connectivity index is 1.79. The Morgan fingerprint density at radius 1 is 1.32 bits per heavy atom. The van der Waals surface area contributed by atoms with E-state index in [2.05, 4.69) is 61.3 Å². The molecule has 0 unspecified atom stereocenters. The van der Waals surface area contributed by atoms with E-state index in [1.807, 2.05) is 24.1 Å². The van der Waals surface area contributed by atoms with Crippen molar-refractivity contribution in [2.75, 3.05) is 17.2 Å². The summed E-state index contributed by atoms with van der Waals surface area (Å²) in [5.74, 6) is 1.52. The van der Waals surface area contributed by atoms with E-state index < -0.39 is 0 Å². The van der Waals surface area contributed by atoms with E-state index in [1.165, 1.54) is 5.56 Å². The van der Waals surface area contributed by atoms with E-state index >= 15 is 0 Å². The number of nitrogens with zero attached hydrogens (tertiary/aromatic N) is 4. The lowest BCUT2D eigenvalue weighted by atomic mass is 10.0. The molecule has 116 valence electrons. The summed E-state index contributed by atoms with van der Waals surface area (Å²) < 4.78 is 2.93. The van der Waals surface area contributed by atoms with Crippen molar-refractivity contribution >= 4 is 40.4 Å². The molecular formula is C15H19IN6. The molecule has 0 atom stereocenters. The first-order chi connectivity index (χ1) is 10.7. The molecule has 0 amide bonds. The van der Waals surface area contributed by atoms with Crippen molar-refractivity contribution in [1.29, 1.82) is 0 Å². The van der Waals surface area contributed by atoms with Gasteiger partial charge in [0.15, 0.2) is 0 Å². The quantitative estimate of drug-likeness (QED) is 0.742. The molecule has 7 heteroatoms. The Labute approximate surface area is 143 Å². The van der Waals surface area contributed by atoms with Gasteiger partial charge in [-0.2, -0.15) is 10.1 Å². The number of fused-ring (bicyclic) bond motifs is 1. The number of anilines is 2. The van der Waals surface area contributed by atoms with Crippen LogP contribution in [0.1, 0.15) is 31.0 Å². The highest BCUT2D eigenvalue weighted by atomic mass is 127. The van der Waals surface area contributed by atoms with Crippen molar-refractivity contribution in [3.63, 3.8) is 0 Å². The number of aryl methyl sites for hydroxylation is 2. The maximum Gasteiger partial charge on any atom is 0.228 e. The Morgan fingerprint density at radius 3 is 3.00 bits per heavy atom. The van der Waals surface area contributed by atoms with Gasteiger partial charge < -0.3 is 10.6 Å². The minimum atomic E-state index is 0.635. The first kappa shape index (κ1) is 15.3. The molecule has 0 spiro atoms. The number of hydrogen-bond acceptors (Lipinski definition) is 5. The van der Waals surface area contributed by atoms with Gasteiger partial charge in [-0.3, -0.25) is 4.68 Å². The van der Waals surface area contributed by atoms with Crippen LogP contribution in [0.2, 0.25) is 0 Å². The summed E-state index contributed by atoms with van der Waals surface area (Å²) in [6, 6.07) is 0. The minimum absolute atomic E-state index is 0.635. The summed E-state index contributed by atoms with van der Waals surface area (Å²) >= 11 is 2.25. The molecule has 1 aliphatic rings. The van der Waals surface area contributed by atoms with Crippen LogP contribution >= 0.6 is 22.6 Å². The highest BCUT2D eigenvalue weighted by Crippen LogP contribution is 2.24. The number of hydrogen-bond donors (Lipinski definition) is 2. The molecule has 0 fully saturated rings. The van der Waals surface area contributed by atoms with Crippen LogP contribution in [0.4, 0.5) is 11.8 Å². The molecule has 6 nitrogen and oxygen atoms in total. The number of aromatic nitrogens is 4. The van der Waals surface area contributed by atoms with Gasteiger partial charge in [-0.25, -0.2) is 4.98 Å². The second-order valence-electron chi connectivity index (χ2n) is 5.29. The molecule has 0 bridgehead atoms. The lowest BCUT2D eigenvalue weighted by Gasteiger charge is -2.16. The van der Waals surface area contributed by atoms with Crippen molar-refractivity contribution in [1.82, 2.24) is 19.7 Å². The largest absolute Gasteiger partial charge is 0.369 e. The van der Waals surface area contributed by atoms with Gasteiger partial charge in [0, 0.05) is 25.5 Å². The predicted molar refractivity (Wildman–Crippen MR) is 96.7 cm³/mol. The number of halogens is 1. The summed E-state index contributed by atoms with van der Waals surface area (Å²) in [4.78, 5) is 8.94. The van der Waals surface area contributed by atoms with Crippen molar-refractivity contribution in [3.8, 4) is 0 Å². The molecule has 1 aliphatic carbocycles. The molecule has 0 radical (unpaired) electrons. The molecule has 0 saturated heterocycles. The van der Waals surface area contributed by atoms with Gasteiger partial charge in [0.25, 0.3) is 0 Å². The van der Waals surface area contributed by atoms with Crippen molar-refractivity contribution in [2.24, 2.45) is 7.05 Å². The number of rotatable bonds is 5. The summed E-state index contributed by atoms with van der Waals surface area (Å²) in [7, 11) is 1.96. The van der Waals surface area contributed by atoms with Gasteiger partial charge in [-0.05, 0) is 53.5 Å². The van der Waals surface area contributed by atoms with Crippen LogP contribution in [0.25, 0.3) is 6.08 Å². The monoisotopic (exact) mass is 410 g/mol. The molecule has 3 rings (SSSR count). The van der Waals surface area contributed by atoms with Crippen LogP contribution in [-0.2, 0) is 13.5 Å². The van der Waals surface area contributed by atoms with E-state index in [1.54, 1.807) is 0 Å². The first-order valence-electron chi connectivity index (χ1n) is 7.42. The highest BCUT2D eigenvalue weighted by Gasteiger charge is 2.15. The average Bonchev–Trinajstić information content (AvgIpc) is 2.89. The van der Waals surface area contributed by atoms with E-state index in [4.69, 9.17) is 0 Å². The molecule has 2 heterocycles. The molecule has 0 saturated carbocycles.